The van der Waals surface area contributed by atoms with E-state index in [2.05, 4.69) is 10.6 Å². The third-order valence-corrected chi connectivity index (χ3v) is 4.18. The topological polar surface area (TPSA) is 84.2 Å². The summed E-state index contributed by atoms with van der Waals surface area (Å²) in [5.41, 5.74) is 5.99. The normalized spacial score (nSPS) is 11.8. The first kappa shape index (κ1) is 18.9. The number of benzene rings is 1. The quantitative estimate of drug-likeness (QED) is 0.663. The summed E-state index contributed by atoms with van der Waals surface area (Å²) >= 11 is 13.5. The lowest BCUT2D eigenvalue weighted by Gasteiger charge is -2.17. The molecule has 22 heavy (non-hydrogen) atoms. The number of hydrogen-bond donors (Lipinski definition) is 3. The smallest absolute Gasteiger partial charge is 0.312 e. The monoisotopic (exact) mass is 363 g/mol. The molecule has 0 aliphatic heterocycles. The van der Waals surface area contributed by atoms with Crippen LogP contribution in [0.2, 0.25) is 10.0 Å². The number of urea groups is 1. The van der Waals surface area contributed by atoms with E-state index in [9.17, 15) is 9.59 Å². The molecule has 1 rings (SSSR count). The highest BCUT2D eigenvalue weighted by molar-refractivity contribution is 7.98. The number of amides is 3. The summed E-state index contributed by atoms with van der Waals surface area (Å²) < 4.78 is 0. The van der Waals surface area contributed by atoms with Gasteiger partial charge in [-0.25, -0.2) is 4.79 Å². The van der Waals surface area contributed by atoms with Gasteiger partial charge in [-0.2, -0.15) is 11.8 Å². The minimum atomic E-state index is -0.706. The van der Waals surface area contributed by atoms with Crippen LogP contribution in [0.25, 0.3) is 0 Å². The molecule has 0 saturated heterocycles. The highest BCUT2D eigenvalue weighted by atomic mass is 35.5. The zero-order valence-corrected chi connectivity index (χ0v) is 14.5. The van der Waals surface area contributed by atoms with Gasteiger partial charge in [0.05, 0.1) is 0 Å². The van der Waals surface area contributed by atoms with E-state index in [0.717, 1.165) is 11.3 Å². The lowest BCUT2D eigenvalue weighted by atomic mass is 10.1. The first-order valence-corrected chi connectivity index (χ1v) is 8.85. The van der Waals surface area contributed by atoms with Crippen molar-refractivity contribution in [2.24, 2.45) is 5.73 Å². The van der Waals surface area contributed by atoms with Crippen LogP contribution in [0.1, 0.15) is 12.0 Å². The van der Waals surface area contributed by atoms with Crippen molar-refractivity contribution in [3.05, 3.63) is 33.8 Å². The minimum absolute atomic E-state index is 0.252. The van der Waals surface area contributed by atoms with Gasteiger partial charge in [-0.1, -0.05) is 29.3 Å². The molecule has 4 N–H and O–H groups in total. The Kier molecular flexibility index (Phi) is 8.45. The standard InChI is InChI=1S/C14H19Cl2N3O2S/c1-22-7-5-12(19-14(17)21)13(20)18-6-4-9-2-3-10(15)8-11(9)16/h2-3,8,12H,4-7H2,1H3,(H,18,20)(H3,17,19,21)/t12-/m1/s1. The van der Waals surface area contributed by atoms with Crippen LogP contribution in [-0.4, -0.2) is 36.5 Å². The Labute approximate surface area is 144 Å². The summed E-state index contributed by atoms with van der Waals surface area (Å²) in [6.07, 6.45) is 3.03. The predicted molar refractivity (Wildman–Crippen MR) is 92.7 cm³/mol. The molecule has 122 valence electrons. The van der Waals surface area contributed by atoms with Crippen LogP contribution in [0.5, 0.6) is 0 Å². The predicted octanol–water partition coefficient (Wildman–Crippen LogP) is 2.44. The summed E-state index contributed by atoms with van der Waals surface area (Å²) in [6, 6.07) is 3.91. The lowest BCUT2D eigenvalue weighted by molar-refractivity contribution is -0.122. The molecule has 8 heteroatoms. The van der Waals surface area contributed by atoms with Crippen LogP contribution in [0.15, 0.2) is 18.2 Å². The number of halogens is 2. The Morgan fingerprint density at radius 1 is 1.36 bits per heavy atom. The molecule has 0 aliphatic rings. The largest absolute Gasteiger partial charge is 0.354 e. The van der Waals surface area contributed by atoms with E-state index < -0.39 is 12.1 Å². The van der Waals surface area contributed by atoms with E-state index in [-0.39, 0.29) is 5.91 Å². The van der Waals surface area contributed by atoms with Gasteiger partial charge in [0.25, 0.3) is 0 Å². The average Bonchev–Trinajstić information content (AvgIpc) is 2.45. The van der Waals surface area contributed by atoms with Gasteiger partial charge in [0.15, 0.2) is 0 Å². The Morgan fingerprint density at radius 2 is 2.09 bits per heavy atom. The highest BCUT2D eigenvalue weighted by Crippen LogP contribution is 2.21. The maximum Gasteiger partial charge on any atom is 0.312 e. The second-order valence-electron chi connectivity index (χ2n) is 4.62. The van der Waals surface area contributed by atoms with Crippen molar-refractivity contribution < 1.29 is 9.59 Å². The second kappa shape index (κ2) is 9.82. The molecular weight excluding hydrogens is 345 g/mol. The Morgan fingerprint density at radius 3 is 2.68 bits per heavy atom. The molecule has 0 radical (unpaired) electrons. The van der Waals surface area contributed by atoms with Crippen molar-refractivity contribution >= 4 is 46.9 Å². The molecular formula is C14H19Cl2N3O2S. The lowest BCUT2D eigenvalue weighted by Crippen LogP contribution is -2.49. The average molecular weight is 364 g/mol. The van der Waals surface area contributed by atoms with Gasteiger partial charge in [-0.3, -0.25) is 4.79 Å². The van der Waals surface area contributed by atoms with Gasteiger partial charge >= 0.3 is 6.03 Å². The van der Waals surface area contributed by atoms with Crippen LogP contribution in [-0.2, 0) is 11.2 Å². The van der Waals surface area contributed by atoms with Crippen molar-refractivity contribution in [2.75, 3.05) is 18.6 Å². The van der Waals surface area contributed by atoms with Gasteiger partial charge in [0, 0.05) is 16.6 Å². The van der Waals surface area contributed by atoms with Crippen LogP contribution >= 0.6 is 35.0 Å². The third kappa shape index (κ3) is 6.77. The number of nitrogens with one attached hydrogen (secondary N) is 2. The van der Waals surface area contributed by atoms with Crippen LogP contribution < -0.4 is 16.4 Å². The molecule has 1 aromatic rings. The van der Waals surface area contributed by atoms with E-state index in [1.165, 1.54) is 0 Å². The molecule has 0 aliphatic carbocycles. The molecule has 0 saturated carbocycles. The molecule has 1 aromatic carbocycles. The molecule has 3 amide bonds. The maximum absolute atomic E-state index is 12.1. The van der Waals surface area contributed by atoms with E-state index in [0.29, 0.717) is 29.4 Å². The zero-order valence-electron chi connectivity index (χ0n) is 12.2. The van der Waals surface area contributed by atoms with Crippen molar-refractivity contribution in [3.63, 3.8) is 0 Å². The molecule has 0 fully saturated rings. The minimum Gasteiger partial charge on any atom is -0.354 e. The fourth-order valence-corrected chi connectivity index (χ4v) is 2.82. The number of nitrogens with two attached hydrogens (primary N) is 1. The Balaban J connectivity index is 2.49. The van der Waals surface area contributed by atoms with E-state index >= 15 is 0 Å². The zero-order chi connectivity index (χ0) is 16.5. The number of thioether (sulfide) groups is 1. The summed E-state index contributed by atoms with van der Waals surface area (Å²) in [7, 11) is 0. The molecule has 0 aromatic heterocycles. The van der Waals surface area contributed by atoms with Crippen molar-refractivity contribution in [3.8, 4) is 0 Å². The third-order valence-electron chi connectivity index (χ3n) is 2.95. The number of hydrogen-bond acceptors (Lipinski definition) is 3. The molecule has 5 nitrogen and oxygen atoms in total. The van der Waals surface area contributed by atoms with E-state index in [1.54, 1.807) is 23.9 Å². The van der Waals surface area contributed by atoms with Gasteiger partial charge in [0.1, 0.15) is 6.04 Å². The molecule has 0 spiro atoms. The second-order valence-corrected chi connectivity index (χ2v) is 6.45. The van der Waals surface area contributed by atoms with Crippen LogP contribution in [0, 0.1) is 0 Å². The Bertz CT molecular complexity index is 529. The first-order valence-electron chi connectivity index (χ1n) is 6.70. The fourth-order valence-electron chi connectivity index (χ4n) is 1.84. The number of rotatable bonds is 8. The van der Waals surface area contributed by atoms with Gasteiger partial charge < -0.3 is 16.4 Å². The van der Waals surface area contributed by atoms with E-state index in [4.69, 9.17) is 28.9 Å². The van der Waals surface area contributed by atoms with Crippen molar-refractivity contribution in [1.82, 2.24) is 10.6 Å². The van der Waals surface area contributed by atoms with Gasteiger partial charge in [-0.05, 0) is 42.5 Å². The highest BCUT2D eigenvalue weighted by Gasteiger charge is 2.18. The van der Waals surface area contributed by atoms with E-state index in [1.807, 2.05) is 12.3 Å². The number of primary amides is 1. The van der Waals surface area contributed by atoms with Gasteiger partial charge in [-0.15, -0.1) is 0 Å². The number of carbonyl (C=O) groups is 2. The molecule has 0 heterocycles. The number of carbonyl (C=O) groups excluding carboxylic acids is 2. The van der Waals surface area contributed by atoms with Gasteiger partial charge in [0.2, 0.25) is 5.91 Å². The molecule has 0 unspecified atom stereocenters. The van der Waals surface area contributed by atoms with Crippen LogP contribution in [0.4, 0.5) is 4.79 Å². The van der Waals surface area contributed by atoms with Crippen molar-refractivity contribution in [1.29, 1.82) is 0 Å². The first-order chi connectivity index (χ1) is 10.4. The molecule has 1 atom stereocenters. The maximum atomic E-state index is 12.1. The van der Waals surface area contributed by atoms with Crippen LogP contribution in [0.3, 0.4) is 0 Å². The Hall–Kier alpha value is -1.11. The summed E-state index contributed by atoms with van der Waals surface area (Å²) in [4.78, 5) is 23.0. The summed E-state index contributed by atoms with van der Waals surface area (Å²) in [5, 5.41) is 6.36. The SMILES string of the molecule is CSCC[C@@H](NC(N)=O)C(=O)NCCc1ccc(Cl)cc1Cl. The molecule has 0 bridgehead atoms. The summed E-state index contributed by atoms with van der Waals surface area (Å²) in [6.45, 7) is 0.413. The fraction of sp³-hybridized carbons (Fsp3) is 0.429. The summed E-state index contributed by atoms with van der Waals surface area (Å²) in [5.74, 6) is 0.499. The van der Waals surface area contributed by atoms with Crippen molar-refractivity contribution in [2.45, 2.75) is 18.9 Å².